The quantitative estimate of drug-likeness (QED) is 0.785. The van der Waals surface area contributed by atoms with E-state index in [4.69, 9.17) is 4.74 Å². The summed E-state index contributed by atoms with van der Waals surface area (Å²) in [5.41, 5.74) is 3.11. The fourth-order valence-corrected chi connectivity index (χ4v) is 2.54. The van der Waals surface area contributed by atoms with Gasteiger partial charge in [-0.1, -0.05) is 18.2 Å². The van der Waals surface area contributed by atoms with Gasteiger partial charge in [-0.2, -0.15) is 0 Å². The molecule has 3 rings (SSSR count). The van der Waals surface area contributed by atoms with Gasteiger partial charge >= 0.3 is 0 Å². The third-order valence-electron chi connectivity index (χ3n) is 3.61. The normalized spacial score (nSPS) is 10.8. The average molecular weight is 284 g/mol. The van der Waals surface area contributed by atoms with Gasteiger partial charge < -0.3 is 14.6 Å². The number of fused-ring (bicyclic) bond motifs is 1. The van der Waals surface area contributed by atoms with Gasteiger partial charge in [0.05, 0.1) is 7.11 Å². The van der Waals surface area contributed by atoms with Crippen LogP contribution in [-0.4, -0.2) is 11.7 Å². The molecule has 0 aliphatic carbocycles. The highest BCUT2D eigenvalue weighted by Crippen LogP contribution is 2.23. The third kappa shape index (κ3) is 2.57. The van der Waals surface area contributed by atoms with Crippen molar-refractivity contribution in [3.63, 3.8) is 0 Å². The topological polar surface area (TPSA) is 26.2 Å². The second kappa shape index (κ2) is 5.48. The second-order valence-electron chi connectivity index (χ2n) is 4.99. The summed E-state index contributed by atoms with van der Waals surface area (Å²) in [4.78, 5) is 0. The van der Waals surface area contributed by atoms with Gasteiger partial charge in [0.1, 0.15) is 0 Å². The number of nitrogens with zero attached hydrogens (tertiary/aromatic N) is 1. The van der Waals surface area contributed by atoms with Crippen molar-refractivity contribution < 1.29 is 9.13 Å². The van der Waals surface area contributed by atoms with Crippen LogP contribution < -0.4 is 10.1 Å². The Balaban J connectivity index is 1.82. The first kappa shape index (κ1) is 13.5. The van der Waals surface area contributed by atoms with Crippen molar-refractivity contribution in [1.82, 2.24) is 4.57 Å². The summed E-state index contributed by atoms with van der Waals surface area (Å²) in [5, 5.41) is 4.46. The molecule has 0 saturated heterocycles. The number of halogens is 1. The Bertz CT molecular complexity index is 780. The Labute approximate surface area is 123 Å². The molecule has 0 bridgehead atoms. The van der Waals surface area contributed by atoms with E-state index in [0.29, 0.717) is 6.54 Å². The smallest absolute Gasteiger partial charge is 0.167 e. The SMILES string of the molecule is COc1ccc(NCc2cn(C)c3ccccc23)cc1F. The fourth-order valence-electron chi connectivity index (χ4n) is 2.54. The highest BCUT2D eigenvalue weighted by Gasteiger charge is 2.07. The monoisotopic (exact) mass is 284 g/mol. The van der Waals surface area contributed by atoms with E-state index in [-0.39, 0.29) is 11.6 Å². The lowest BCUT2D eigenvalue weighted by Gasteiger charge is -2.08. The maximum atomic E-state index is 13.7. The van der Waals surface area contributed by atoms with E-state index in [2.05, 4.69) is 28.2 Å². The number of ether oxygens (including phenoxy) is 1. The number of nitrogens with one attached hydrogen (secondary N) is 1. The van der Waals surface area contributed by atoms with Crippen molar-refractivity contribution in [1.29, 1.82) is 0 Å². The number of aryl methyl sites for hydroxylation is 1. The molecule has 3 aromatic rings. The predicted octanol–water partition coefficient (Wildman–Crippen LogP) is 3.94. The number of hydrogen-bond acceptors (Lipinski definition) is 2. The Morgan fingerprint density at radius 1 is 1.19 bits per heavy atom. The molecule has 0 atom stereocenters. The average Bonchev–Trinajstić information content (AvgIpc) is 2.82. The Morgan fingerprint density at radius 2 is 2.00 bits per heavy atom. The number of hydrogen-bond donors (Lipinski definition) is 1. The van der Waals surface area contributed by atoms with Crippen LogP contribution in [0.2, 0.25) is 0 Å². The largest absolute Gasteiger partial charge is 0.494 e. The summed E-state index contributed by atoms with van der Waals surface area (Å²) in [7, 11) is 3.49. The maximum absolute atomic E-state index is 13.7. The van der Waals surface area contributed by atoms with Gasteiger partial charge in [0.25, 0.3) is 0 Å². The van der Waals surface area contributed by atoms with Crippen molar-refractivity contribution in [3.05, 3.63) is 60.0 Å². The van der Waals surface area contributed by atoms with E-state index in [1.54, 1.807) is 6.07 Å². The number of anilines is 1. The minimum atomic E-state index is -0.361. The van der Waals surface area contributed by atoms with Crippen molar-refractivity contribution >= 4 is 16.6 Å². The molecule has 108 valence electrons. The molecule has 3 nitrogen and oxygen atoms in total. The molecule has 4 heteroatoms. The lowest BCUT2D eigenvalue weighted by atomic mass is 10.1. The number of aromatic nitrogens is 1. The van der Waals surface area contributed by atoms with Crippen molar-refractivity contribution in [2.75, 3.05) is 12.4 Å². The van der Waals surface area contributed by atoms with Gasteiger partial charge in [-0.25, -0.2) is 4.39 Å². The first-order valence-corrected chi connectivity index (χ1v) is 6.79. The zero-order valence-corrected chi connectivity index (χ0v) is 12.1. The summed E-state index contributed by atoms with van der Waals surface area (Å²) in [6.07, 6.45) is 2.09. The number of para-hydroxylation sites is 1. The van der Waals surface area contributed by atoms with Crippen molar-refractivity contribution in [2.24, 2.45) is 7.05 Å². The summed E-state index contributed by atoms with van der Waals surface area (Å²) in [6.45, 7) is 0.646. The van der Waals surface area contributed by atoms with E-state index in [1.165, 1.54) is 29.6 Å². The molecule has 0 spiro atoms. The Kier molecular flexibility index (Phi) is 3.52. The number of benzene rings is 2. The molecule has 0 unspecified atom stereocenters. The van der Waals surface area contributed by atoms with E-state index < -0.39 is 0 Å². The van der Waals surface area contributed by atoms with Gasteiger partial charge in [-0.3, -0.25) is 0 Å². The highest BCUT2D eigenvalue weighted by molar-refractivity contribution is 5.84. The Hall–Kier alpha value is -2.49. The lowest BCUT2D eigenvalue weighted by molar-refractivity contribution is 0.386. The number of rotatable bonds is 4. The molecule has 0 amide bonds. The predicted molar refractivity (Wildman–Crippen MR) is 83.2 cm³/mol. The van der Waals surface area contributed by atoms with Crippen LogP contribution >= 0.6 is 0 Å². The van der Waals surface area contributed by atoms with Gasteiger partial charge in [-0.05, 0) is 23.8 Å². The van der Waals surface area contributed by atoms with E-state index >= 15 is 0 Å². The highest BCUT2D eigenvalue weighted by atomic mass is 19.1. The summed E-state index contributed by atoms with van der Waals surface area (Å²) in [6, 6.07) is 13.1. The van der Waals surface area contributed by atoms with Crippen LogP contribution in [0.3, 0.4) is 0 Å². The molecular weight excluding hydrogens is 267 g/mol. The first-order valence-electron chi connectivity index (χ1n) is 6.79. The molecule has 2 aromatic carbocycles. The fraction of sp³-hybridized carbons (Fsp3) is 0.176. The number of methoxy groups -OCH3 is 1. The molecule has 0 radical (unpaired) electrons. The molecule has 0 fully saturated rings. The minimum Gasteiger partial charge on any atom is -0.494 e. The molecule has 0 aliphatic rings. The zero-order valence-electron chi connectivity index (χ0n) is 12.1. The second-order valence-corrected chi connectivity index (χ2v) is 4.99. The maximum Gasteiger partial charge on any atom is 0.167 e. The first-order chi connectivity index (χ1) is 10.2. The van der Waals surface area contributed by atoms with Crippen molar-refractivity contribution in [3.8, 4) is 5.75 Å². The van der Waals surface area contributed by atoms with Crippen LogP contribution in [0.25, 0.3) is 10.9 Å². The van der Waals surface area contributed by atoms with Crippen LogP contribution in [0, 0.1) is 5.82 Å². The molecule has 0 saturated carbocycles. The molecule has 1 N–H and O–H groups in total. The van der Waals surface area contributed by atoms with E-state index in [1.807, 2.05) is 25.2 Å². The van der Waals surface area contributed by atoms with Crippen LogP contribution in [0.1, 0.15) is 5.56 Å². The third-order valence-corrected chi connectivity index (χ3v) is 3.61. The summed E-state index contributed by atoms with van der Waals surface area (Å²) < 4.78 is 20.7. The minimum absolute atomic E-state index is 0.255. The summed E-state index contributed by atoms with van der Waals surface area (Å²) in [5.74, 6) is -0.105. The van der Waals surface area contributed by atoms with Crippen LogP contribution in [-0.2, 0) is 13.6 Å². The van der Waals surface area contributed by atoms with Gasteiger partial charge in [0, 0.05) is 42.4 Å². The summed E-state index contributed by atoms with van der Waals surface area (Å²) >= 11 is 0. The molecular formula is C17H17FN2O. The zero-order chi connectivity index (χ0) is 14.8. The standard InChI is InChI=1S/C17H17FN2O/c1-20-11-12(14-5-3-4-6-16(14)20)10-19-13-7-8-17(21-2)15(18)9-13/h3-9,11,19H,10H2,1-2H3. The van der Waals surface area contributed by atoms with Gasteiger partial charge in [0.2, 0.25) is 0 Å². The molecule has 21 heavy (non-hydrogen) atoms. The van der Waals surface area contributed by atoms with Crippen molar-refractivity contribution in [2.45, 2.75) is 6.54 Å². The van der Waals surface area contributed by atoms with E-state index in [9.17, 15) is 4.39 Å². The molecule has 1 heterocycles. The molecule has 0 aliphatic heterocycles. The van der Waals surface area contributed by atoms with Crippen LogP contribution in [0.15, 0.2) is 48.7 Å². The van der Waals surface area contributed by atoms with E-state index in [0.717, 1.165) is 5.69 Å². The molecule has 1 aromatic heterocycles. The lowest BCUT2D eigenvalue weighted by Crippen LogP contribution is -1.99. The van der Waals surface area contributed by atoms with Gasteiger partial charge in [0.15, 0.2) is 11.6 Å². The van der Waals surface area contributed by atoms with Gasteiger partial charge in [-0.15, -0.1) is 0 Å². The van der Waals surface area contributed by atoms with Crippen LogP contribution in [0.4, 0.5) is 10.1 Å². The Morgan fingerprint density at radius 3 is 2.76 bits per heavy atom. The van der Waals surface area contributed by atoms with Crippen LogP contribution in [0.5, 0.6) is 5.75 Å².